The van der Waals surface area contributed by atoms with E-state index in [-0.39, 0.29) is 47.7 Å². The number of nitrogens with zero attached hydrogens (tertiary/aromatic N) is 2. The maximum absolute atomic E-state index is 13.8. The standard InChI is InChI=1S/C28H27FN2O5.Na/c1-16(2)26-22(13-12-20(32)14-21(33)15-23(34)35)24(17-8-10-19(29)11-9-17)25-27(31-36-28(25)30-26)18-6-4-3-5-7-18;/h3-13,16,20-21,32-33H,14-15H2,1-2H3,(H,34,35);/q;+1/p-1/b13-12+;/t20-,21-;/m1./s1. The van der Waals surface area contributed by atoms with E-state index in [0.29, 0.717) is 39.2 Å². The van der Waals surface area contributed by atoms with Gasteiger partial charge in [-0.2, -0.15) is 0 Å². The second-order valence-electron chi connectivity index (χ2n) is 8.92. The predicted molar refractivity (Wildman–Crippen MR) is 132 cm³/mol. The Labute approximate surface area is 235 Å². The second kappa shape index (κ2) is 12.6. The van der Waals surface area contributed by atoms with Gasteiger partial charge in [-0.25, -0.2) is 9.37 Å². The number of hydrogen-bond acceptors (Lipinski definition) is 7. The third kappa shape index (κ3) is 6.71. The van der Waals surface area contributed by atoms with Gasteiger partial charge in [-0.15, -0.1) is 0 Å². The second-order valence-corrected chi connectivity index (χ2v) is 8.92. The van der Waals surface area contributed by atoms with Crippen LogP contribution in [0, 0.1) is 5.82 Å². The van der Waals surface area contributed by atoms with Gasteiger partial charge in [0, 0.05) is 35.5 Å². The predicted octanol–water partition coefficient (Wildman–Crippen LogP) is 1.09. The molecule has 0 saturated carbocycles. The zero-order valence-electron chi connectivity index (χ0n) is 20.9. The summed E-state index contributed by atoms with van der Waals surface area (Å²) in [5.74, 6) is -1.81. The van der Waals surface area contributed by atoms with E-state index in [1.165, 1.54) is 18.2 Å². The maximum Gasteiger partial charge on any atom is 1.00 e. The number of carbonyl (C=O) groups excluding carboxylic acids is 1. The van der Waals surface area contributed by atoms with Crippen LogP contribution in [0.2, 0.25) is 0 Å². The summed E-state index contributed by atoms with van der Waals surface area (Å²) >= 11 is 0. The van der Waals surface area contributed by atoms with Gasteiger partial charge in [0.2, 0.25) is 0 Å². The first kappa shape index (κ1) is 28.7. The van der Waals surface area contributed by atoms with Crippen molar-refractivity contribution >= 4 is 23.1 Å². The summed E-state index contributed by atoms with van der Waals surface area (Å²) in [6.45, 7) is 3.93. The number of aromatic nitrogens is 2. The van der Waals surface area contributed by atoms with Crippen LogP contribution in [0.3, 0.4) is 0 Å². The largest absolute Gasteiger partial charge is 1.00 e. The number of aliphatic carboxylic acids is 1. The van der Waals surface area contributed by atoms with Crippen molar-refractivity contribution in [3.63, 3.8) is 0 Å². The van der Waals surface area contributed by atoms with Crippen LogP contribution in [0.25, 0.3) is 39.6 Å². The quantitative estimate of drug-likeness (QED) is 0.322. The van der Waals surface area contributed by atoms with Crippen LogP contribution in [-0.2, 0) is 4.79 Å². The first-order chi connectivity index (χ1) is 17.2. The average molecular weight is 513 g/mol. The van der Waals surface area contributed by atoms with Gasteiger partial charge in [0.05, 0.1) is 23.3 Å². The van der Waals surface area contributed by atoms with E-state index in [2.05, 4.69) is 5.16 Å². The molecule has 0 saturated heterocycles. The Morgan fingerprint density at radius 1 is 1.08 bits per heavy atom. The number of carboxylic acids is 1. The van der Waals surface area contributed by atoms with Gasteiger partial charge in [-0.05, 0) is 23.6 Å². The Hall–Kier alpha value is -2.88. The molecule has 2 atom stereocenters. The van der Waals surface area contributed by atoms with E-state index >= 15 is 0 Å². The third-order valence-electron chi connectivity index (χ3n) is 5.82. The van der Waals surface area contributed by atoms with Gasteiger partial charge in [0.1, 0.15) is 11.5 Å². The normalized spacial score (nSPS) is 13.1. The molecule has 0 unspecified atom stereocenters. The number of rotatable bonds is 9. The number of benzene rings is 2. The van der Waals surface area contributed by atoms with Crippen molar-refractivity contribution in [1.29, 1.82) is 0 Å². The number of halogens is 1. The Morgan fingerprint density at radius 3 is 2.38 bits per heavy atom. The molecule has 0 amide bonds. The summed E-state index contributed by atoms with van der Waals surface area (Å²) < 4.78 is 19.5. The van der Waals surface area contributed by atoms with E-state index < -0.39 is 24.6 Å². The molecule has 0 fully saturated rings. The Bertz CT molecular complexity index is 1390. The summed E-state index contributed by atoms with van der Waals surface area (Å²) in [6.07, 6.45) is 0.0592. The summed E-state index contributed by atoms with van der Waals surface area (Å²) in [7, 11) is 0. The summed E-state index contributed by atoms with van der Waals surface area (Å²) in [5, 5.41) is 36.0. The fourth-order valence-electron chi connectivity index (χ4n) is 4.17. The molecule has 0 aliphatic carbocycles. The van der Waals surface area contributed by atoms with E-state index in [9.17, 15) is 24.5 Å². The number of fused-ring (bicyclic) bond motifs is 1. The zero-order valence-corrected chi connectivity index (χ0v) is 22.9. The van der Waals surface area contributed by atoms with Crippen LogP contribution < -0.4 is 34.7 Å². The van der Waals surface area contributed by atoms with Crippen molar-refractivity contribution in [2.24, 2.45) is 0 Å². The van der Waals surface area contributed by atoms with Gasteiger partial charge in [0.15, 0.2) is 0 Å². The van der Waals surface area contributed by atoms with Crippen molar-refractivity contribution < 1.29 is 58.6 Å². The number of pyridine rings is 1. The van der Waals surface area contributed by atoms with Gasteiger partial charge < -0.3 is 24.6 Å². The van der Waals surface area contributed by atoms with E-state index in [1.807, 2.05) is 44.2 Å². The molecule has 2 aromatic carbocycles. The minimum absolute atomic E-state index is 0. The molecule has 4 aromatic rings. The zero-order chi connectivity index (χ0) is 25.8. The summed E-state index contributed by atoms with van der Waals surface area (Å²) in [4.78, 5) is 15.5. The molecule has 9 heteroatoms. The number of aliphatic hydroxyl groups excluding tert-OH is 2. The Morgan fingerprint density at radius 2 is 1.76 bits per heavy atom. The van der Waals surface area contributed by atoms with Crippen molar-refractivity contribution in [2.75, 3.05) is 0 Å². The molecule has 186 valence electrons. The topological polar surface area (TPSA) is 120 Å². The van der Waals surface area contributed by atoms with Crippen LogP contribution in [0.5, 0.6) is 0 Å². The van der Waals surface area contributed by atoms with E-state index in [4.69, 9.17) is 9.51 Å². The van der Waals surface area contributed by atoms with Crippen LogP contribution in [0.15, 0.2) is 65.2 Å². The number of hydrogen-bond donors (Lipinski definition) is 2. The van der Waals surface area contributed by atoms with Crippen molar-refractivity contribution in [1.82, 2.24) is 10.1 Å². The molecule has 0 bridgehead atoms. The summed E-state index contributed by atoms with van der Waals surface area (Å²) in [5.41, 5.74) is 4.50. The van der Waals surface area contributed by atoms with Crippen molar-refractivity contribution in [3.8, 4) is 22.4 Å². The average Bonchev–Trinajstić information content (AvgIpc) is 3.26. The van der Waals surface area contributed by atoms with E-state index in [1.54, 1.807) is 18.2 Å². The monoisotopic (exact) mass is 512 g/mol. The minimum atomic E-state index is -1.39. The smallest absolute Gasteiger partial charge is 0.550 e. The number of carbonyl (C=O) groups is 1. The summed E-state index contributed by atoms with van der Waals surface area (Å²) in [6, 6.07) is 15.5. The SMILES string of the molecule is CC(C)c1nc2onc(-c3ccccc3)c2c(-c2ccc(F)cc2)c1/C=C/[C@@H](O)C[C@@H](O)CC(=O)[O-].[Na+]. The molecular formula is C28H26FN2NaO5. The molecular weight excluding hydrogens is 486 g/mol. The van der Waals surface area contributed by atoms with Crippen LogP contribution >= 0.6 is 0 Å². The van der Waals surface area contributed by atoms with Gasteiger partial charge in [-0.3, -0.25) is 0 Å². The molecule has 7 nitrogen and oxygen atoms in total. The first-order valence-corrected chi connectivity index (χ1v) is 11.6. The number of carboxylic acid groups (broad SMARTS) is 1. The molecule has 2 N–H and O–H groups in total. The van der Waals surface area contributed by atoms with Gasteiger partial charge >= 0.3 is 29.6 Å². The molecule has 0 aliphatic heterocycles. The Balaban J connectivity index is 0.00000380. The fourth-order valence-corrected chi connectivity index (χ4v) is 4.17. The molecule has 4 rings (SSSR count). The van der Waals surface area contributed by atoms with Crippen molar-refractivity contribution in [3.05, 3.63) is 77.7 Å². The van der Waals surface area contributed by atoms with Crippen LogP contribution in [0.4, 0.5) is 4.39 Å². The molecule has 0 aliphatic rings. The van der Waals surface area contributed by atoms with Crippen LogP contribution in [0.1, 0.15) is 43.9 Å². The van der Waals surface area contributed by atoms with E-state index in [0.717, 1.165) is 5.56 Å². The maximum atomic E-state index is 13.8. The molecule has 2 aromatic heterocycles. The Kier molecular flexibility index (Phi) is 9.75. The number of aliphatic hydroxyl groups is 2. The first-order valence-electron chi connectivity index (χ1n) is 11.6. The van der Waals surface area contributed by atoms with Crippen molar-refractivity contribution in [2.45, 2.75) is 44.8 Å². The molecule has 0 radical (unpaired) electrons. The van der Waals surface area contributed by atoms with Crippen LogP contribution in [-0.4, -0.2) is 38.5 Å². The molecule has 37 heavy (non-hydrogen) atoms. The minimum Gasteiger partial charge on any atom is -0.550 e. The van der Waals surface area contributed by atoms with Gasteiger partial charge in [-0.1, -0.05) is 73.6 Å². The molecule has 0 spiro atoms. The third-order valence-corrected chi connectivity index (χ3v) is 5.82. The molecule has 2 heterocycles. The fraction of sp³-hybridized carbons (Fsp3) is 0.250. The van der Waals surface area contributed by atoms with Gasteiger partial charge in [0.25, 0.3) is 5.71 Å².